The Kier molecular flexibility index (Phi) is 5.04. The largest absolute Gasteiger partial charge is 0.428 e. The number of rotatable bonds is 3. The van der Waals surface area contributed by atoms with Gasteiger partial charge in [0, 0.05) is 16.5 Å². The van der Waals surface area contributed by atoms with Crippen LogP contribution in [0.15, 0.2) is 60.4 Å². The lowest BCUT2D eigenvalue weighted by atomic mass is 9.79. The van der Waals surface area contributed by atoms with Crippen LogP contribution in [0.25, 0.3) is 0 Å². The molecule has 0 bridgehead atoms. The van der Waals surface area contributed by atoms with Crippen LogP contribution < -0.4 is 0 Å². The van der Waals surface area contributed by atoms with Crippen LogP contribution in [0.1, 0.15) is 28.8 Å². The van der Waals surface area contributed by atoms with Gasteiger partial charge >= 0.3 is 12.1 Å². The van der Waals surface area contributed by atoms with E-state index < -0.39 is 17.6 Å². The van der Waals surface area contributed by atoms with E-state index in [1.54, 1.807) is 18.2 Å². The fraction of sp³-hybridized carbons (Fsp3) is 0.211. The van der Waals surface area contributed by atoms with Crippen molar-refractivity contribution in [1.29, 1.82) is 0 Å². The van der Waals surface area contributed by atoms with Crippen molar-refractivity contribution in [2.45, 2.75) is 24.4 Å². The number of carbonyl (C=O) groups excluding carboxylic acids is 1. The summed E-state index contributed by atoms with van der Waals surface area (Å²) in [5.41, 5.74) is -2.11. The molecule has 136 valence electrons. The zero-order chi connectivity index (χ0) is 18.9. The molecule has 2 nitrogen and oxygen atoms in total. The topological polar surface area (TPSA) is 26.3 Å². The molecule has 0 aliphatic heterocycles. The van der Waals surface area contributed by atoms with Crippen molar-refractivity contribution in [1.82, 2.24) is 0 Å². The van der Waals surface area contributed by atoms with Gasteiger partial charge in [-0.05, 0) is 48.4 Å². The summed E-state index contributed by atoms with van der Waals surface area (Å²) in [6, 6.07) is 11.9. The Morgan fingerprint density at radius 3 is 2.23 bits per heavy atom. The molecule has 2 aromatic rings. The van der Waals surface area contributed by atoms with E-state index in [9.17, 15) is 18.0 Å². The molecule has 1 unspecified atom stereocenters. The molecule has 3 rings (SSSR count). The molecule has 0 N–H and O–H groups in total. The van der Waals surface area contributed by atoms with E-state index in [1.165, 1.54) is 30.3 Å². The van der Waals surface area contributed by atoms with Gasteiger partial charge in [0.2, 0.25) is 0 Å². The monoisotopic (exact) mass is 400 g/mol. The van der Waals surface area contributed by atoms with E-state index in [2.05, 4.69) is 0 Å². The van der Waals surface area contributed by atoms with E-state index in [1.807, 2.05) is 0 Å². The Morgan fingerprint density at radius 1 is 1.04 bits per heavy atom. The van der Waals surface area contributed by atoms with Crippen molar-refractivity contribution in [2.75, 3.05) is 0 Å². The van der Waals surface area contributed by atoms with Gasteiger partial charge in [0.05, 0.1) is 5.56 Å². The van der Waals surface area contributed by atoms with E-state index in [4.69, 9.17) is 27.9 Å². The Balaban J connectivity index is 1.96. The summed E-state index contributed by atoms with van der Waals surface area (Å²) in [4.78, 5) is 12.1. The van der Waals surface area contributed by atoms with Crippen molar-refractivity contribution < 1.29 is 22.7 Å². The van der Waals surface area contributed by atoms with Gasteiger partial charge in [-0.2, -0.15) is 13.2 Å². The predicted octanol–water partition coefficient (Wildman–Crippen LogP) is 6.33. The van der Waals surface area contributed by atoms with Crippen LogP contribution in [-0.2, 0) is 10.2 Å². The average molecular weight is 401 g/mol. The SMILES string of the molecule is O=C(OC1=CC(c2cc(Cl)cc(Cl)c2)(C(F)(F)F)CC1)c1ccccc1. The Bertz CT molecular complexity index is 843. The van der Waals surface area contributed by atoms with E-state index in [0.29, 0.717) is 0 Å². The first-order chi connectivity index (χ1) is 12.2. The van der Waals surface area contributed by atoms with Crippen LogP contribution in [0.3, 0.4) is 0 Å². The fourth-order valence-electron chi connectivity index (χ4n) is 3.00. The van der Waals surface area contributed by atoms with Crippen molar-refractivity contribution in [3.05, 3.63) is 81.5 Å². The predicted molar refractivity (Wildman–Crippen MR) is 93.4 cm³/mol. The second-order valence-electron chi connectivity index (χ2n) is 5.99. The van der Waals surface area contributed by atoms with Gasteiger partial charge in [0.25, 0.3) is 0 Å². The summed E-state index contributed by atoms with van der Waals surface area (Å²) < 4.78 is 47.0. The van der Waals surface area contributed by atoms with Crippen LogP contribution in [0, 0.1) is 0 Å². The van der Waals surface area contributed by atoms with Crippen molar-refractivity contribution in [3.63, 3.8) is 0 Å². The normalized spacial score (nSPS) is 20.0. The highest BCUT2D eigenvalue weighted by Gasteiger charge is 2.57. The first-order valence-electron chi connectivity index (χ1n) is 7.73. The molecule has 0 aromatic heterocycles. The van der Waals surface area contributed by atoms with Gasteiger partial charge in [-0.15, -0.1) is 0 Å². The van der Waals surface area contributed by atoms with Gasteiger partial charge in [0.15, 0.2) is 0 Å². The Morgan fingerprint density at radius 2 is 1.65 bits per heavy atom. The van der Waals surface area contributed by atoms with Crippen LogP contribution in [0.2, 0.25) is 10.0 Å². The maximum absolute atomic E-state index is 13.9. The van der Waals surface area contributed by atoms with E-state index in [-0.39, 0.29) is 39.8 Å². The summed E-state index contributed by atoms with van der Waals surface area (Å²) in [5.74, 6) is -0.716. The van der Waals surface area contributed by atoms with Crippen LogP contribution in [0.4, 0.5) is 13.2 Å². The van der Waals surface area contributed by atoms with Gasteiger partial charge in [-0.25, -0.2) is 4.79 Å². The number of hydrogen-bond acceptors (Lipinski definition) is 2. The second-order valence-corrected chi connectivity index (χ2v) is 6.87. The van der Waals surface area contributed by atoms with Gasteiger partial charge in [-0.3, -0.25) is 0 Å². The highest BCUT2D eigenvalue weighted by atomic mass is 35.5. The number of allylic oxidation sites excluding steroid dienone is 2. The number of carbonyl (C=O) groups is 1. The maximum Gasteiger partial charge on any atom is 0.401 e. The Hall–Kier alpha value is -1.98. The number of ether oxygens (including phenoxy) is 1. The summed E-state index contributed by atoms with van der Waals surface area (Å²) in [7, 11) is 0. The first kappa shape index (κ1) is 18.8. The molecule has 0 fully saturated rings. The quantitative estimate of drug-likeness (QED) is 0.562. The molecule has 0 radical (unpaired) electrons. The van der Waals surface area contributed by atoms with E-state index in [0.717, 1.165) is 6.08 Å². The Labute approximate surface area is 158 Å². The van der Waals surface area contributed by atoms with Crippen LogP contribution in [-0.4, -0.2) is 12.1 Å². The summed E-state index contributed by atoms with van der Waals surface area (Å²) >= 11 is 11.8. The standard InChI is InChI=1S/C19H13Cl2F3O2/c20-14-8-13(9-15(21)10-14)18(19(22,23)24)7-6-16(11-18)26-17(25)12-4-2-1-3-5-12/h1-5,8-11H,6-7H2. The van der Waals surface area contributed by atoms with Crippen LogP contribution >= 0.6 is 23.2 Å². The molecule has 26 heavy (non-hydrogen) atoms. The van der Waals surface area contributed by atoms with Crippen molar-refractivity contribution in [3.8, 4) is 0 Å². The minimum Gasteiger partial charge on any atom is -0.428 e. The van der Waals surface area contributed by atoms with E-state index >= 15 is 0 Å². The van der Waals surface area contributed by atoms with Gasteiger partial charge in [-0.1, -0.05) is 41.4 Å². The summed E-state index contributed by atoms with van der Waals surface area (Å²) in [6.45, 7) is 0. The van der Waals surface area contributed by atoms with Crippen LogP contribution in [0.5, 0.6) is 0 Å². The number of halogens is 5. The number of alkyl halides is 3. The lowest BCUT2D eigenvalue weighted by Gasteiger charge is -2.30. The lowest BCUT2D eigenvalue weighted by molar-refractivity contribution is -0.175. The summed E-state index contributed by atoms with van der Waals surface area (Å²) in [6.07, 6.45) is -3.95. The zero-order valence-corrected chi connectivity index (χ0v) is 14.8. The molecule has 7 heteroatoms. The molecule has 0 amide bonds. The third-order valence-corrected chi connectivity index (χ3v) is 4.73. The molecule has 1 aliphatic rings. The minimum absolute atomic E-state index is 0.0210. The van der Waals surface area contributed by atoms with Crippen molar-refractivity contribution in [2.24, 2.45) is 0 Å². The smallest absolute Gasteiger partial charge is 0.401 e. The molecule has 2 aromatic carbocycles. The van der Waals surface area contributed by atoms with Crippen molar-refractivity contribution >= 4 is 29.2 Å². The fourth-order valence-corrected chi connectivity index (χ4v) is 3.52. The molecular formula is C19H13Cl2F3O2. The summed E-state index contributed by atoms with van der Waals surface area (Å²) in [5, 5.41) is 0.221. The number of esters is 1. The van der Waals surface area contributed by atoms with Gasteiger partial charge in [0.1, 0.15) is 11.2 Å². The second kappa shape index (κ2) is 6.97. The molecule has 0 saturated heterocycles. The lowest BCUT2D eigenvalue weighted by Crippen LogP contribution is -2.39. The molecule has 0 spiro atoms. The molecule has 0 saturated carbocycles. The highest BCUT2D eigenvalue weighted by molar-refractivity contribution is 6.34. The average Bonchev–Trinajstić information content (AvgIpc) is 3.00. The molecule has 0 heterocycles. The highest BCUT2D eigenvalue weighted by Crippen LogP contribution is 2.51. The molecule has 1 aliphatic carbocycles. The number of benzene rings is 2. The molecule has 1 atom stereocenters. The first-order valence-corrected chi connectivity index (χ1v) is 8.49. The molecular weight excluding hydrogens is 388 g/mol. The maximum atomic E-state index is 13.9. The number of hydrogen-bond donors (Lipinski definition) is 0. The minimum atomic E-state index is -4.60. The van der Waals surface area contributed by atoms with Gasteiger partial charge < -0.3 is 4.74 Å². The zero-order valence-electron chi connectivity index (χ0n) is 13.3. The third kappa shape index (κ3) is 3.60. The third-order valence-electron chi connectivity index (χ3n) is 4.29.